The molecular formula is C20H29N3O4. The van der Waals surface area contributed by atoms with Crippen LogP contribution in [0.3, 0.4) is 0 Å². The Bertz CT molecular complexity index is 671. The monoisotopic (exact) mass is 375 g/mol. The Morgan fingerprint density at radius 3 is 2.74 bits per heavy atom. The van der Waals surface area contributed by atoms with Crippen molar-refractivity contribution in [2.45, 2.75) is 25.8 Å². The zero-order chi connectivity index (χ0) is 19.2. The van der Waals surface area contributed by atoms with Crippen LogP contribution in [0.1, 0.15) is 24.0 Å². The summed E-state index contributed by atoms with van der Waals surface area (Å²) in [4.78, 5) is 26.6. The van der Waals surface area contributed by atoms with E-state index in [-0.39, 0.29) is 19.0 Å². The number of carboxylic acid groups (broad SMARTS) is 1. The third kappa shape index (κ3) is 5.94. The van der Waals surface area contributed by atoms with Gasteiger partial charge in [0.2, 0.25) is 5.91 Å². The van der Waals surface area contributed by atoms with Gasteiger partial charge in [-0.1, -0.05) is 6.07 Å². The third-order valence-corrected chi connectivity index (χ3v) is 5.38. The lowest BCUT2D eigenvalue weighted by atomic mass is 9.97. The van der Waals surface area contributed by atoms with Gasteiger partial charge in [-0.15, -0.1) is 0 Å². The van der Waals surface area contributed by atoms with Gasteiger partial charge in [-0.05, 0) is 68.6 Å². The number of fused-ring (bicyclic) bond motifs is 1. The summed E-state index contributed by atoms with van der Waals surface area (Å²) < 4.78 is 6.05. The van der Waals surface area contributed by atoms with Gasteiger partial charge in [-0.3, -0.25) is 14.5 Å². The predicted octanol–water partition coefficient (Wildman–Crippen LogP) is 0.966. The lowest BCUT2D eigenvalue weighted by Gasteiger charge is -2.31. The van der Waals surface area contributed by atoms with Gasteiger partial charge in [-0.25, -0.2) is 0 Å². The molecule has 7 heteroatoms. The first kappa shape index (κ1) is 19.6. The Labute approximate surface area is 160 Å². The van der Waals surface area contributed by atoms with Crippen LogP contribution in [0.25, 0.3) is 0 Å². The van der Waals surface area contributed by atoms with Gasteiger partial charge >= 0.3 is 5.97 Å². The molecule has 0 aromatic heterocycles. The molecule has 2 heterocycles. The summed E-state index contributed by atoms with van der Waals surface area (Å²) in [5.74, 6) is 0.181. The molecule has 1 saturated heterocycles. The van der Waals surface area contributed by atoms with Crippen molar-refractivity contribution in [3.05, 3.63) is 29.3 Å². The van der Waals surface area contributed by atoms with Gasteiger partial charge in [0.15, 0.2) is 0 Å². The number of aliphatic carboxylic acids is 1. The Morgan fingerprint density at radius 2 is 2.00 bits per heavy atom. The van der Waals surface area contributed by atoms with E-state index < -0.39 is 5.97 Å². The van der Waals surface area contributed by atoms with Gasteiger partial charge in [0, 0.05) is 13.1 Å². The molecule has 1 aromatic carbocycles. The van der Waals surface area contributed by atoms with Crippen molar-refractivity contribution in [1.82, 2.24) is 15.1 Å². The molecule has 2 aliphatic rings. The molecule has 0 aliphatic carbocycles. The molecule has 0 atom stereocenters. The van der Waals surface area contributed by atoms with Gasteiger partial charge < -0.3 is 20.1 Å². The zero-order valence-electron chi connectivity index (χ0n) is 15.9. The SMILES string of the molecule is CN1CCc2ccc(OCC3CCN(CC(=O)NCC(=O)O)CC3)cc2C1. The number of nitrogens with zero attached hydrogens (tertiary/aromatic N) is 2. The van der Waals surface area contributed by atoms with Gasteiger partial charge in [-0.2, -0.15) is 0 Å². The fourth-order valence-electron chi connectivity index (χ4n) is 3.72. The highest BCUT2D eigenvalue weighted by atomic mass is 16.5. The minimum absolute atomic E-state index is 0.230. The van der Waals surface area contributed by atoms with Crippen molar-refractivity contribution in [3.8, 4) is 5.75 Å². The van der Waals surface area contributed by atoms with E-state index in [1.165, 1.54) is 11.1 Å². The number of likely N-dealkylation sites (tertiary alicyclic amines) is 1. The minimum Gasteiger partial charge on any atom is -0.493 e. The lowest BCUT2D eigenvalue weighted by Crippen LogP contribution is -2.43. The van der Waals surface area contributed by atoms with Gasteiger partial charge in [0.1, 0.15) is 12.3 Å². The first-order valence-corrected chi connectivity index (χ1v) is 9.63. The van der Waals surface area contributed by atoms with E-state index in [1.807, 2.05) is 0 Å². The number of benzene rings is 1. The molecule has 27 heavy (non-hydrogen) atoms. The highest BCUT2D eigenvalue weighted by Gasteiger charge is 2.22. The normalized spacial score (nSPS) is 18.7. The smallest absolute Gasteiger partial charge is 0.322 e. The summed E-state index contributed by atoms with van der Waals surface area (Å²) in [5.41, 5.74) is 2.79. The summed E-state index contributed by atoms with van der Waals surface area (Å²) in [6.45, 7) is 4.41. The molecule has 0 bridgehead atoms. The molecule has 0 unspecified atom stereocenters. The molecule has 1 fully saturated rings. The van der Waals surface area contributed by atoms with E-state index in [4.69, 9.17) is 9.84 Å². The van der Waals surface area contributed by atoms with Crippen molar-refractivity contribution in [1.29, 1.82) is 0 Å². The van der Waals surface area contributed by atoms with Crippen LogP contribution in [0.15, 0.2) is 18.2 Å². The first-order valence-electron chi connectivity index (χ1n) is 9.63. The number of ether oxygens (including phenoxy) is 1. The maximum Gasteiger partial charge on any atom is 0.322 e. The Morgan fingerprint density at radius 1 is 1.22 bits per heavy atom. The molecular weight excluding hydrogens is 346 g/mol. The Balaban J connectivity index is 1.39. The fourth-order valence-corrected chi connectivity index (χ4v) is 3.72. The Hall–Kier alpha value is -2.12. The highest BCUT2D eigenvalue weighted by molar-refractivity contribution is 5.82. The number of carboxylic acids is 1. The van der Waals surface area contributed by atoms with Crippen molar-refractivity contribution >= 4 is 11.9 Å². The number of rotatable bonds is 7. The summed E-state index contributed by atoms with van der Waals surface area (Å²) in [5, 5.41) is 11.0. The van der Waals surface area contributed by atoms with Crippen molar-refractivity contribution < 1.29 is 19.4 Å². The van der Waals surface area contributed by atoms with Crippen molar-refractivity contribution in [2.24, 2.45) is 5.92 Å². The molecule has 0 saturated carbocycles. The van der Waals surface area contributed by atoms with Crippen LogP contribution in [0.5, 0.6) is 5.75 Å². The molecule has 3 rings (SSSR count). The van der Waals surface area contributed by atoms with E-state index in [9.17, 15) is 9.59 Å². The number of hydrogen-bond donors (Lipinski definition) is 2. The van der Waals surface area contributed by atoms with Crippen LogP contribution in [0.2, 0.25) is 0 Å². The van der Waals surface area contributed by atoms with Crippen LogP contribution in [-0.2, 0) is 22.6 Å². The summed E-state index contributed by atoms with van der Waals surface area (Å²) in [6, 6.07) is 6.44. The predicted molar refractivity (Wildman–Crippen MR) is 102 cm³/mol. The van der Waals surface area contributed by atoms with E-state index >= 15 is 0 Å². The standard InChI is InChI=1S/C20H29N3O4/c1-22-7-6-16-2-3-18(10-17(16)12-22)27-14-15-4-8-23(9-5-15)13-19(24)21-11-20(25)26/h2-3,10,15H,4-9,11-14H2,1H3,(H,21,24)(H,25,26). The van der Waals surface area contributed by atoms with Crippen LogP contribution < -0.4 is 10.1 Å². The molecule has 148 valence electrons. The van der Waals surface area contributed by atoms with Crippen LogP contribution in [0.4, 0.5) is 0 Å². The molecule has 2 N–H and O–H groups in total. The number of carbonyl (C=O) groups is 2. The quantitative estimate of drug-likeness (QED) is 0.739. The van der Waals surface area contributed by atoms with Crippen LogP contribution in [0, 0.1) is 5.92 Å². The maximum absolute atomic E-state index is 11.7. The fraction of sp³-hybridized carbons (Fsp3) is 0.600. The molecule has 7 nitrogen and oxygen atoms in total. The average Bonchev–Trinajstić information content (AvgIpc) is 2.65. The Kier molecular flexibility index (Phi) is 6.68. The summed E-state index contributed by atoms with van der Waals surface area (Å²) in [6.07, 6.45) is 3.07. The molecule has 2 aliphatic heterocycles. The molecule has 0 radical (unpaired) electrons. The largest absolute Gasteiger partial charge is 0.493 e. The number of likely N-dealkylation sites (N-methyl/N-ethyl adjacent to an activating group) is 1. The highest BCUT2D eigenvalue weighted by Crippen LogP contribution is 2.25. The van der Waals surface area contributed by atoms with E-state index in [2.05, 4.69) is 40.4 Å². The van der Waals surface area contributed by atoms with Crippen molar-refractivity contribution in [2.75, 3.05) is 46.4 Å². The summed E-state index contributed by atoms with van der Waals surface area (Å²) >= 11 is 0. The van der Waals surface area contributed by atoms with E-state index in [0.717, 1.165) is 51.2 Å². The topological polar surface area (TPSA) is 82.1 Å². The van der Waals surface area contributed by atoms with E-state index in [0.29, 0.717) is 12.5 Å². The average molecular weight is 375 g/mol. The van der Waals surface area contributed by atoms with Gasteiger partial charge in [0.25, 0.3) is 0 Å². The number of carbonyl (C=O) groups excluding carboxylic acids is 1. The second-order valence-electron chi connectivity index (χ2n) is 7.62. The zero-order valence-corrected chi connectivity index (χ0v) is 15.9. The number of hydrogen-bond acceptors (Lipinski definition) is 5. The number of piperidine rings is 1. The second kappa shape index (κ2) is 9.19. The second-order valence-corrected chi connectivity index (χ2v) is 7.62. The van der Waals surface area contributed by atoms with Crippen molar-refractivity contribution in [3.63, 3.8) is 0 Å². The third-order valence-electron chi connectivity index (χ3n) is 5.38. The molecule has 1 aromatic rings. The van der Waals surface area contributed by atoms with Crippen LogP contribution >= 0.6 is 0 Å². The summed E-state index contributed by atoms with van der Waals surface area (Å²) in [7, 11) is 2.15. The number of nitrogens with one attached hydrogen (secondary N) is 1. The number of amides is 1. The molecule has 1 amide bonds. The van der Waals surface area contributed by atoms with E-state index in [1.54, 1.807) is 0 Å². The lowest BCUT2D eigenvalue weighted by molar-refractivity contribution is -0.138. The first-order chi connectivity index (χ1) is 13.0. The molecule has 0 spiro atoms. The van der Waals surface area contributed by atoms with Crippen LogP contribution in [-0.4, -0.2) is 73.2 Å². The van der Waals surface area contributed by atoms with Gasteiger partial charge in [0.05, 0.1) is 13.2 Å². The minimum atomic E-state index is -1.02. The maximum atomic E-state index is 11.7.